The quantitative estimate of drug-likeness (QED) is 0.0373. The van der Waals surface area contributed by atoms with Gasteiger partial charge in [0.2, 0.25) is 0 Å². The molecule has 0 aromatic rings. The number of esters is 2. The van der Waals surface area contributed by atoms with Gasteiger partial charge in [0.25, 0.3) is 0 Å². The fourth-order valence-electron chi connectivity index (χ4n) is 11.7. The van der Waals surface area contributed by atoms with Crippen molar-refractivity contribution in [3.63, 3.8) is 0 Å². The Hall–Kier alpha value is -3.44. The highest BCUT2D eigenvalue weighted by molar-refractivity contribution is 5.70. The van der Waals surface area contributed by atoms with Crippen LogP contribution in [0.2, 0.25) is 0 Å². The molecule has 0 aromatic heterocycles. The lowest BCUT2D eigenvalue weighted by atomic mass is 10.0. The van der Waals surface area contributed by atoms with Gasteiger partial charge in [-0.1, -0.05) is 412 Å². The molecule has 0 saturated carbocycles. The molecule has 0 fully saturated rings. The third-order valence-electron chi connectivity index (χ3n) is 17.6. The maximum absolute atomic E-state index is 12.4. The normalized spacial score (nSPS) is 12.8. The molecule has 0 aliphatic carbocycles. The number of aliphatic hydroxyl groups is 1. The highest BCUT2D eigenvalue weighted by atomic mass is 16.6. The summed E-state index contributed by atoms with van der Waals surface area (Å²) in [5.74, 6) is -0.580. The Bertz CT molecular complexity index is 1710. The van der Waals surface area contributed by atoms with Crippen LogP contribution in [0.5, 0.6) is 0 Å². The summed E-state index contributed by atoms with van der Waals surface area (Å²) in [4.78, 5) is 24.7. The zero-order chi connectivity index (χ0) is 64.7. The predicted molar refractivity (Wildman–Crippen MR) is 399 cm³/mol. The number of carbonyl (C=O) groups excluding carboxylic acids is 2. The lowest BCUT2D eigenvalue weighted by Crippen LogP contribution is -2.28. The molecule has 1 atom stereocenters. The van der Waals surface area contributed by atoms with Gasteiger partial charge in [-0.2, -0.15) is 0 Å². The molecule has 0 aliphatic heterocycles. The molecule has 0 radical (unpaired) electrons. The first kappa shape index (κ1) is 86.6. The highest BCUT2D eigenvalue weighted by Gasteiger charge is 2.16. The lowest BCUT2D eigenvalue weighted by Gasteiger charge is -2.15. The second kappa shape index (κ2) is 79.8. The maximum atomic E-state index is 12.4. The summed E-state index contributed by atoms with van der Waals surface area (Å²) in [6.07, 6.45) is 116. The second-order valence-corrected chi connectivity index (χ2v) is 26.4. The zero-order valence-electron chi connectivity index (χ0n) is 59.9. The molecular formula is C85H150O5. The van der Waals surface area contributed by atoms with Crippen LogP contribution in [0.1, 0.15) is 399 Å². The molecule has 0 bridgehead atoms. The van der Waals surface area contributed by atoms with E-state index in [9.17, 15) is 14.7 Å². The van der Waals surface area contributed by atoms with Gasteiger partial charge in [0.1, 0.15) is 6.61 Å². The average Bonchev–Trinajstić information content (AvgIpc) is 3.59. The van der Waals surface area contributed by atoms with Gasteiger partial charge in [-0.25, -0.2) is 0 Å². The van der Waals surface area contributed by atoms with Crippen molar-refractivity contribution in [3.05, 3.63) is 109 Å². The Kier molecular flexibility index (Phi) is 76.7. The van der Waals surface area contributed by atoms with Crippen LogP contribution in [0.3, 0.4) is 0 Å². The molecule has 0 saturated heterocycles. The van der Waals surface area contributed by atoms with Crippen LogP contribution in [0.25, 0.3) is 0 Å². The molecule has 0 amide bonds. The Labute approximate surface area is 561 Å². The number of allylic oxidation sites excluding steroid dienone is 18. The first-order valence-corrected chi connectivity index (χ1v) is 39.4. The van der Waals surface area contributed by atoms with Crippen LogP contribution in [0.15, 0.2) is 109 Å². The third kappa shape index (κ3) is 77.0. The first-order valence-electron chi connectivity index (χ1n) is 39.4. The van der Waals surface area contributed by atoms with Gasteiger partial charge >= 0.3 is 11.9 Å². The van der Waals surface area contributed by atoms with E-state index in [4.69, 9.17) is 9.47 Å². The van der Waals surface area contributed by atoms with Crippen molar-refractivity contribution in [2.45, 2.75) is 405 Å². The second-order valence-electron chi connectivity index (χ2n) is 26.4. The molecule has 5 nitrogen and oxygen atoms in total. The predicted octanol–water partition coefficient (Wildman–Crippen LogP) is 27.9. The Morgan fingerprint density at radius 2 is 0.478 bits per heavy atom. The standard InChI is InChI=1S/C85H150O5/c1-3-5-7-9-11-13-15-17-19-21-23-25-27-29-31-33-35-37-39-41-42-44-46-48-50-52-54-56-58-60-62-64-66-68-70-72-74-76-78-80-85(88)90-83(81-86)82-89-84(87)79-77-75-73-71-69-67-65-63-61-59-57-55-53-51-49-47-45-43-40-38-36-34-32-30-28-26-24-22-20-18-16-14-12-10-8-6-4-2/h5,7,11,13,17,19,23,25,29,31,35,37,41-42,46,48,52,54,83,86H,3-4,6,8-10,12,14-16,18,20-22,24,26-28,30,32-34,36,38-40,43-45,47,49-51,53,55-82H2,1-2H3/b7-5-,13-11-,19-17-,25-23-,31-29-,37-35-,42-41-,48-46-,54-52-. The van der Waals surface area contributed by atoms with Gasteiger partial charge in [0, 0.05) is 12.8 Å². The van der Waals surface area contributed by atoms with Crippen molar-refractivity contribution in [1.82, 2.24) is 0 Å². The summed E-state index contributed by atoms with van der Waals surface area (Å²) in [7, 11) is 0. The Morgan fingerprint density at radius 3 is 0.722 bits per heavy atom. The smallest absolute Gasteiger partial charge is 0.306 e. The van der Waals surface area contributed by atoms with Crippen molar-refractivity contribution >= 4 is 11.9 Å². The molecule has 0 heterocycles. The van der Waals surface area contributed by atoms with E-state index in [0.29, 0.717) is 12.8 Å². The summed E-state index contributed by atoms with van der Waals surface area (Å²) in [5.41, 5.74) is 0. The Balaban J connectivity index is 3.45. The Morgan fingerprint density at radius 1 is 0.267 bits per heavy atom. The fraction of sp³-hybridized carbons (Fsp3) is 0.765. The largest absolute Gasteiger partial charge is 0.462 e. The van der Waals surface area contributed by atoms with Crippen molar-refractivity contribution < 1.29 is 24.2 Å². The minimum absolute atomic E-state index is 0.0670. The number of hydrogen-bond donors (Lipinski definition) is 1. The van der Waals surface area contributed by atoms with E-state index in [1.54, 1.807) is 0 Å². The molecule has 0 spiro atoms. The van der Waals surface area contributed by atoms with Crippen LogP contribution in [-0.2, 0) is 19.1 Å². The van der Waals surface area contributed by atoms with Gasteiger partial charge < -0.3 is 14.6 Å². The molecule has 5 heteroatoms. The number of carbonyl (C=O) groups is 2. The molecule has 520 valence electrons. The van der Waals surface area contributed by atoms with Crippen LogP contribution in [0.4, 0.5) is 0 Å². The number of rotatable bonds is 73. The van der Waals surface area contributed by atoms with Gasteiger partial charge in [-0.15, -0.1) is 0 Å². The summed E-state index contributed by atoms with van der Waals surface area (Å²) in [5, 5.41) is 9.73. The number of unbranched alkanes of at least 4 members (excludes halogenated alkanes) is 47. The molecule has 1 N–H and O–H groups in total. The minimum Gasteiger partial charge on any atom is -0.462 e. The highest BCUT2D eigenvalue weighted by Crippen LogP contribution is 2.19. The first-order chi connectivity index (χ1) is 44.6. The van der Waals surface area contributed by atoms with E-state index < -0.39 is 6.10 Å². The molecule has 1 unspecified atom stereocenters. The lowest BCUT2D eigenvalue weighted by molar-refractivity contribution is -0.161. The van der Waals surface area contributed by atoms with Crippen molar-refractivity contribution in [3.8, 4) is 0 Å². The molecular weight excluding hydrogens is 1100 g/mol. The van der Waals surface area contributed by atoms with Crippen molar-refractivity contribution in [2.24, 2.45) is 0 Å². The summed E-state index contributed by atoms with van der Waals surface area (Å²) >= 11 is 0. The van der Waals surface area contributed by atoms with Crippen LogP contribution >= 0.6 is 0 Å². The minimum atomic E-state index is -0.780. The maximum Gasteiger partial charge on any atom is 0.306 e. The summed E-state index contributed by atoms with van der Waals surface area (Å²) in [6, 6.07) is 0. The summed E-state index contributed by atoms with van der Waals surface area (Å²) < 4.78 is 10.8. The van der Waals surface area contributed by atoms with E-state index in [2.05, 4.69) is 123 Å². The van der Waals surface area contributed by atoms with Gasteiger partial charge in [0.15, 0.2) is 6.10 Å². The van der Waals surface area contributed by atoms with Crippen molar-refractivity contribution in [2.75, 3.05) is 13.2 Å². The van der Waals surface area contributed by atoms with Gasteiger partial charge in [0.05, 0.1) is 6.61 Å². The van der Waals surface area contributed by atoms with Gasteiger partial charge in [-0.05, 0) is 83.5 Å². The SMILES string of the molecule is CC/C=C\C/C=C\C/C=C\C/C=C\C/C=C\C/C=C\C/C=C\C/C=C\C/C=C\CCCCCCCCCCCCCC(=O)OC(CO)COC(=O)CCCCCCCCCCCCCCCCCCCCCCCCCCCCCCCCCCCCCCC. The topological polar surface area (TPSA) is 72.8 Å². The summed E-state index contributed by atoms with van der Waals surface area (Å²) in [6.45, 7) is 4.07. The average molecular weight is 1250 g/mol. The van der Waals surface area contributed by atoms with E-state index >= 15 is 0 Å². The third-order valence-corrected chi connectivity index (χ3v) is 17.6. The van der Waals surface area contributed by atoms with E-state index in [1.165, 1.54) is 276 Å². The van der Waals surface area contributed by atoms with Crippen LogP contribution in [0, 0.1) is 0 Å². The number of hydrogen-bond acceptors (Lipinski definition) is 5. The monoisotopic (exact) mass is 1250 g/mol. The molecule has 0 rings (SSSR count). The molecule has 0 aromatic carbocycles. The van der Waals surface area contributed by atoms with E-state index in [-0.39, 0.29) is 25.2 Å². The van der Waals surface area contributed by atoms with Crippen LogP contribution < -0.4 is 0 Å². The van der Waals surface area contributed by atoms with E-state index in [1.807, 2.05) is 0 Å². The van der Waals surface area contributed by atoms with Crippen LogP contribution in [-0.4, -0.2) is 36.4 Å². The molecule has 90 heavy (non-hydrogen) atoms. The van der Waals surface area contributed by atoms with E-state index in [0.717, 1.165) is 96.3 Å². The number of ether oxygens (including phenoxy) is 2. The zero-order valence-corrected chi connectivity index (χ0v) is 59.9. The fourth-order valence-corrected chi connectivity index (χ4v) is 11.7. The molecule has 0 aliphatic rings. The van der Waals surface area contributed by atoms with Crippen molar-refractivity contribution in [1.29, 1.82) is 0 Å². The van der Waals surface area contributed by atoms with Gasteiger partial charge in [-0.3, -0.25) is 9.59 Å². The number of aliphatic hydroxyl groups excluding tert-OH is 1.